The molecule has 1 heteroatoms. The molecule has 0 heterocycles. The molecule has 18 heavy (non-hydrogen) atoms. The van der Waals surface area contributed by atoms with Gasteiger partial charge in [-0.05, 0) is 48.2 Å². The first-order valence-corrected chi connectivity index (χ1v) is 6.21. The van der Waals surface area contributed by atoms with Gasteiger partial charge in [0.1, 0.15) is 0 Å². The zero-order valence-electron chi connectivity index (χ0n) is 10.1. The van der Waals surface area contributed by atoms with Crippen LogP contribution in [-0.4, -0.2) is 5.11 Å². The van der Waals surface area contributed by atoms with Crippen LogP contribution in [0.5, 0.6) is 0 Å². The van der Waals surface area contributed by atoms with Crippen LogP contribution < -0.4 is 0 Å². The first kappa shape index (κ1) is 11.1. The van der Waals surface area contributed by atoms with E-state index in [1.165, 1.54) is 5.56 Å². The molecule has 3 rings (SSSR count). The third-order valence-electron chi connectivity index (χ3n) is 3.31. The van der Waals surface area contributed by atoms with Crippen LogP contribution >= 0.6 is 0 Å². The van der Waals surface area contributed by atoms with Gasteiger partial charge in [0, 0.05) is 11.1 Å². The van der Waals surface area contributed by atoms with E-state index in [1.807, 2.05) is 42.5 Å². The summed E-state index contributed by atoms with van der Waals surface area (Å²) in [5.41, 5.74) is 4.35. The Balaban J connectivity index is 1.89. The van der Waals surface area contributed by atoms with Gasteiger partial charge in [-0.3, -0.25) is 0 Å². The Morgan fingerprint density at radius 2 is 1.72 bits per heavy atom. The third-order valence-corrected chi connectivity index (χ3v) is 3.31. The lowest BCUT2D eigenvalue weighted by atomic mass is 10.1. The van der Waals surface area contributed by atoms with Gasteiger partial charge in [-0.2, -0.15) is 0 Å². The summed E-state index contributed by atoms with van der Waals surface area (Å²) in [4.78, 5) is 0. The van der Waals surface area contributed by atoms with Crippen LogP contribution in [-0.2, 0) is 6.42 Å². The second-order valence-electron chi connectivity index (χ2n) is 4.58. The second kappa shape index (κ2) is 4.68. The van der Waals surface area contributed by atoms with Crippen LogP contribution in [0, 0.1) is 11.8 Å². The van der Waals surface area contributed by atoms with Crippen LogP contribution in [0.15, 0.2) is 48.5 Å². The molecule has 1 aliphatic carbocycles. The van der Waals surface area contributed by atoms with Gasteiger partial charge >= 0.3 is 0 Å². The van der Waals surface area contributed by atoms with E-state index in [2.05, 4.69) is 17.9 Å². The summed E-state index contributed by atoms with van der Waals surface area (Å²) in [6.45, 7) is 0. The third kappa shape index (κ3) is 2.16. The monoisotopic (exact) mass is 234 g/mol. The number of aliphatic hydroxyl groups excluding tert-OH is 1. The van der Waals surface area contributed by atoms with Crippen molar-refractivity contribution >= 4 is 0 Å². The Labute approximate surface area is 107 Å². The van der Waals surface area contributed by atoms with Crippen molar-refractivity contribution in [3.63, 3.8) is 0 Å². The van der Waals surface area contributed by atoms with E-state index < -0.39 is 0 Å². The van der Waals surface area contributed by atoms with Crippen molar-refractivity contribution in [1.82, 2.24) is 0 Å². The fraction of sp³-hybridized carbons (Fsp3) is 0.176. The predicted octanol–water partition coefficient (Wildman–Crippen LogP) is 3.07. The maximum atomic E-state index is 9.74. The zero-order valence-corrected chi connectivity index (χ0v) is 10.1. The predicted molar refractivity (Wildman–Crippen MR) is 72.1 cm³/mol. The molecular weight excluding hydrogens is 220 g/mol. The van der Waals surface area contributed by atoms with Crippen molar-refractivity contribution in [3.8, 4) is 11.8 Å². The Kier molecular flexibility index (Phi) is 2.88. The van der Waals surface area contributed by atoms with Gasteiger partial charge in [0.05, 0.1) is 6.10 Å². The standard InChI is InChI=1S/C17H14O/c18-17-11-9-15-12-14(8-10-16(15)17)7-6-13-4-2-1-3-5-13/h1-5,8,10,12,17-18H,9,11H2. The van der Waals surface area contributed by atoms with Crippen molar-refractivity contribution < 1.29 is 5.11 Å². The van der Waals surface area contributed by atoms with Crippen LogP contribution in [0.2, 0.25) is 0 Å². The molecule has 0 amide bonds. The number of benzene rings is 2. The lowest BCUT2D eigenvalue weighted by Gasteiger charge is -2.02. The Hall–Kier alpha value is -2.04. The van der Waals surface area contributed by atoms with E-state index in [9.17, 15) is 5.11 Å². The van der Waals surface area contributed by atoms with E-state index in [1.54, 1.807) is 0 Å². The molecule has 1 N–H and O–H groups in total. The highest BCUT2D eigenvalue weighted by Gasteiger charge is 2.19. The zero-order chi connectivity index (χ0) is 12.4. The van der Waals surface area contributed by atoms with Crippen molar-refractivity contribution in [1.29, 1.82) is 0 Å². The quantitative estimate of drug-likeness (QED) is 0.695. The molecule has 0 aromatic heterocycles. The van der Waals surface area contributed by atoms with Crippen molar-refractivity contribution in [2.45, 2.75) is 18.9 Å². The van der Waals surface area contributed by atoms with Gasteiger partial charge in [0.2, 0.25) is 0 Å². The van der Waals surface area contributed by atoms with E-state index in [0.717, 1.165) is 29.5 Å². The Morgan fingerprint density at radius 1 is 0.944 bits per heavy atom. The fourth-order valence-corrected chi connectivity index (χ4v) is 2.34. The Morgan fingerprint density at radius 3 is 2.56 bits per heavy atom. The average molecular weight is 234 g/mol. The fourth-order valence-electron chi connectivity index (χ4n) is 2.34. The summed E-state index contributed by atoms with van der Waals surface area (Å²) < 4.78 is 0. The van der Waals surface area contributed by atoms with E-state index in [0.29, 0.717) is 0 Å². The highest BCUT2D eigenvalue weighted by Crippen LogP contribution is 2.31. The topological polar surface area (TPSA) is 20.2 Å². The number of hydrogen-bond donors (Lipinski definition) is 1. The molecule has 0 saturated carbocycles. The van der Waals surface area contributed by atoms with Gasteiger partial charge in [0.25, 0.3) is 0 Å². The van der Waals surface area contributed by atoms with Crippen LogP contribution in [0.25, 0.3) is 0 Å². The summed E-state index contributed by atoms with van der Waals surface area (Å²) >= 11 is 0. The maximum Gasteiger partial charge on any atom is 0.0795 e. The first-order chi connectivity index (χ1) is 8.83. The minimum absolute atomic E-state index is 0.281. The first-order valence-electron chi connectivity index (χ1n) is 6.21. The highest BCUT2D eigenvalue weighted by molar-refractivity contribution is 5.47. The van der Waals surface area contributed by atoms with Crippen LogP contribution in [0.1, 0.15) is 34.8 Å². The SMILES string of the molecule is OC1CCc2cc(C#Cc3ccccc3)ccc21. The second-order valence-corrected chi connectivity index (χ2v) is 4.58. The van der Waals surface area contributed by atoms with E-state index in [-0.39, 0.29) is 6.10 Å². The molecule has 0 radical (unpaired) electrons. The lowest BCUT2D eigenvalue weighted by molar-refractivity contribution is 0.180. The summed E-state index contributed by atoms with van der Waals surface area (Å²) in [7, 11) is 0. The number of hydrogen-bond acceptors (Lipinski definition) is 1. The number of fused-ring (bicyclic) bond motifs is 1. The molecule has 0 bridgehead atoms. The van der Waals surface area contributed by atoms with Crippen LogP contribution in [0.4, 0.5) is 0 Å². The summed E-state index contributed by atoms with van der Waals surface area (Å²) in [6, 6.07) is 16.1. The molecule has 1 atom stereocenters. The summed E-state index contributed by atoms with van der Waals surface area (Å²) in [5.74, 6) is 6.32. The van der Waals surface area contributed by atoms with Crippen molar-refractivity contribution in [2.75, 3.05) is 0 Å². The van der Waals surface area contributed by atoms with Gasteiger partial charge < -0.3 is 5.11 Å². The lowest BCUT2D eigenvalue weighted by Crippen LogP contribution is -1.90. The van der Waals surface area contributed by atoms with E-state index >= 15 is 0 Å². The molecule has 1 aliphatic rings. The molecule has 88 valence electrons. The highest BCUT2D eigenvalue weighted by atomic mass is 16.3. The number of aliphatic hydroxyl groups is 1. The minimum atomic E-state index is -0.281. The molecule has 2 aromatic carbocycles. The van der Waals surface area contributed by atoms with Gasteiger partial charge in [-0.1, -0.05) is 36.1 Å². The molecule has 0 fully saturated rings. The smallest absolute Gasteiger partial charge is 0.0795 e. The van der Waals surface area contributed by atoms with Crippen LogP contribution in [0.3, 0.4) is 0 Å². The molecule has 1 unspecified atom stereocenters. The van der Waals surface area contributed by atoms with Crippen molar-refractivity contribution in [3.05, 3.63) is 70.8 Å². The summed E-state index contributed by atoms with van der Waals surface area (Å²) in [5, 5.41) is 9.74. The van der Waals surface area contributed by atoms with Crippen molar-refractivity contribution in [2.24, 2.45) is 0 Å². The number of aryl methyl sites for hydroxylation is 1. The maximum absolute atomic E-state index is 9.74. The van der Waals surface area contributed by atoms with E-state index in [4.69, 9.17) is 0 Å². The molecule has 0 spiro atoms. The summed E-state index contributed by atoms with van der Waals surface area (Å²) in [6.07, 6.45) is 1.51. The van der Waals surface area contributed by atoms with Gasteiger partial charge in [-0.25, -0.2) is 0 Å². The van der Waals surface area contributed by atoms with Gasteiger partial charge in [-0.15, -0.1) is 0 Å². The Bertz CT molecular complexity index is 617. The molecule has 0 aliphatic heterocycles. The molecule has 0 saturated heterocycles. The average Bonchev–Trinajstić information content (AvgIpc) is 2.79. The minimum Gasteiger partial charge on any atom is -0.388 e. The molecule has 2 aromatic rings. The largest absolute Gasteiger partial charge is 0.388 e. The molecule has 1 nitrogen and oxygen atoms in total. The molecular formula is C17H14O. The normalized spacial score (nSPS) is 16.8. The van der Waals surface area contributed by atoms with Gasteiger partial charge in [0.15, 0.2) is 0 Å². The number of rotatable bonds is 0.